The van der Waals surface area contributed by atoms with Crippen molar-refractivity contribution >= 4 is 11.0 Å². The third kappa shape index (κ3) is 4.67. The molecule has 1 N–H and O–H groups in total. The lowest BCUT2D eigenvalue weighted by molar-refractivity contribution is 0.0443. The minimum absolute atomic E-state index is 0.282. The standard InChI is InChI=1S/C22H22FN3O3/c1-27-21-14-16(22-24-18-6-5-17(23)15-19(18)25-22)4-7-20(21)29-11-3-2-8-26-9-12-28-13-10-26/h4-7,14-15H,8-13H2,1H3,(H,24,25). The highest BCUT2D eigenvalue weighted by Crippen LogP contribution is 2.32. The van der Waals surface area contributed by atoms with E-state index in [0.29, 0.717) is 28.4 Å². The van der Waals surface area contributed by atoms with Crippen molar-refractivity contribution in [2.24, 2.45) is 0 Å². The molecule has 0 atom stereocenters. The summed E-state index contributed by atoms with van der Waals surface area (Å²) in [4.78, 5) is 9.89. The van der Waals surface area contributed by atoms with E-state index in [1.807, 2.05) is 18.2 Å². The van der Waals surface area contributed by atoms with E-state index in [-0.39, 0.29) is 12.4 Å². The number of hydrogen-bond donors (Lipinski definition) is 1. The summed E-state index contributed by atoms with van der Waals surface area (Å²) in [5.74, 6) is 7.70. The predicted octanol–water partition coefficient (Wildman–Crippen LogP) is 3.09. The first kappa shape index (κ1) is 19.2. The van der Waals surface area contributed by atoms with Crippen molar-refractivity contribution in [2.75, 3.05) is 46.6 Å². The number of hydrogen-bond acceptors (Lipinski definition) is 5. The molecule has 1 saturated heterocycles. The molecule has 29 heavy (non-hydrogen) atoms. The summed E-state index contributed by atoms with van der Waals surface area (Å²) in [6.45, 7) is 4.36. The number of fused-ring (bicyclic) bond motifs is 1. The van der Waals surface area contributed by atoms with Crippen LogP contribution in [-0.4, -0.2) is 61.4 Å². The van der Waals surface area contributed by atoms with Crippen LogP contribution in [-0.2, 0) is 4.74 Å². The molecule has 4 rings (SSSR count). The fraction of sp³-hybridized carbons (Fsp3) is 0.318. The van der Waals surface area contributed by atoms with E-state index in [0.717, 1.165) is 38.4 Å². The third-order valence-corrected chi connectivity index (χ3v) is 4.71. The number of morpholine rings is 1. The van der Waals surface area contributed by atoms with Crippen LogP contribution in [0.2, 0.25) is 0 Å². The van der Waals surface area contributed by atoms with Gasteiger partial charge in [0.15, 0.2) is 11.5 Å². The molecule has 1 aliphatic rings. The Balaban J connectivity index is 1.42. The lowest BCUT2D eigenvalue weighted by atomic mass is 10.2. The smallest absolute Gasteiger partial charge is 0.162 e. The minimum Gasteiger partial charge on any atom is -0.493 e. The van der Waals surface area contributed by atoms with Crippen molar-refractivity contribution in [3.05, 3.63) is 42.2 Å². The number of ether oxygens (including phenoxy) is 3. The van der Waals surface area contributed by atoms with Gasteiger partial charge in [-0.05, 0) is 36.4 Å². The summed E-state index contributed by atoms with van der Waals surface area (Å²) < 4.78 is 29.9. The fourth-order valence-electron chi connectivity index (χ4n) is 3.14. The fourth-order valence-corrected chi connectivity index (χ4v) is 3.14. The molecule has 0 unspecified atom stereocenters. The van der Waals surface area contributed by atoms with Crippen LogP contribution in [0.5, 0.6) is 11.5 Å². The molecule has 0 aliphatic carbocycles. The first-order valence-corrected chi connectivity index (χ1v) is 9.45. The molecule has 1 fully saturated rings. The predicted molar refractivity (Wildman–Crippen MR) is 109 cm³/mol. The maximum atomic E-state index is 13.4. The van der Waals surface area contributed by atoms with Gasteiger partial charge >= 0.3 is 0 Å². The van der Waals surface area contributed by atoms with Gasteiger partial charge in [0.2, 0.25) is 0 Å². The van der Waals surface area contributed by atoms with Crippen LogP contribution in [0, 0.1) is 17.7 Å². The van der Waals surface area contributed by atoms with E-state index < -0.39 is 0 Å². The average Bonchev–Trinajstić information content (AvgIpc) is 3.17. The topological polar surface area (TPSA) is 59.6 Å². The van der Waals surface area contributed by atoms with Crippen molar-refractivity contribution in [2.45, 2.75) is 0 Å². The Kier molecular flexibility index (Phi) is 5.94. The number of H-pyrrole nitrogens is 1. The molecule has 0 saturated carbocycles. The number of nitrogens with zero attached hydrogens (tertiary/aromatic N) is 2. The number of nitrogens with one attached hydrogen (secondary N) is 1. The summed E-state index contributed by atoms with van der Waals surface area (Å²) in [6.07, 6.45) is 0. The summed E-state index contributed by atoms with van der Waals surface area (Å²) in [5, 5.41) is 0. The molecule has 2 aromatic carbocycles. The van der Waals surface area contributed by atoms with Crippen molar-refractivity contribution < 1.29 is 18.6 Å². The second-order valence-electron chi connectivity index (χ2n) is 6.64. The second-order valence-corrected chi connectivity index (χ2v) is 6.64. The van der Waals surface area contributed by atoms with E-state index >= 15 is 0 Å². The highest BCUT2D eigenvalue weighted by atomic mass is 19.1. The van der Waals surface area contributed by atoms with Crippen molar-refractivity contribution in [1.82, 2.24) is 14.9 Å². The minimum atomic E-state index is -0.302. The molecule has 6 nitrogen and oxygen atoms in total. The normalized spacial score (nSPS) is 14.4. The summed E-state index contributed by atoms with van der Waals surface area (Å²) in [6, 6.07) is 10.0. The largest absolute Gasteiger partial charge is 0.493 e. The Hall–Kier alpha value is -3.08. The van der Waals surface area contributed by atoms with Gasteiger partial charge in [0.25, 0.3) is 0 Å². The van der Waals surface area contributed by atoms with Gasteiger partial charge in [-0.15, -0.1) is 0 Å². The van der Waals surface area contributed by atoms with Crippen LogP contribution >= 0.6 is 0 Å². The number of aromatic amines is 1. The molecule has 1 aliphatic heterocycles. The SMILES string of the molecule is COc1cc(-c2nc3ccc(F)cc3[nH]2)ccc1OCC#CCN1CCOCC1. The molecule has 7 heteroatoms. The second kappa shape index (κ2) is 8.95. The zero-order valence-electron chi connectivity index (χ0n) is 16.2. The average molecular weight is 395 g/mol. The van der Waals surface area contributed by atoms with Crippen molar-refractivity contribution in [3.8, 4) is 34.7 Å². The maximum absolute atomic E-state index is 13.4. The zero-order valence-corrected chi connectivity index (χ0v) is 16.2. The molecule has 0 amide bonds. The van der Waals surface area contributed by atoms with Gasteiger partial charge in [0, 0.05) is 18.7 Å². The van der Waals surface area contributed by atoms with E-state index in [1.54, 1.807) is 13.2 Å². The van der Waals surface area contributed by atoms with Crippen LogP contribution in [0.3, 0.4) is 0 Å². The first-order chi connectivity index (χ1) is 14.2. The Morgan fingerprint density at radius 2 is 2.00 bits per heavy atom. The van der Waals surface area contributed by atoms with Gasteiger partial charge in [-0.2, -0.15) is 0 Å². The molecule has 0 bridgehead atoms. The zero-order chi connectivity index (χ0) is 20.1. The molecular weight excluding hydrogens is 373 g/mol. The summed E-state index contributed by atoms with van der Waals surface area (Å²) in [5.41, 5.74) is 2.18. The van der Waals surface area contributed by atoms with Crippen LogP contribution in [0.1, 0.15) is 0 Å². The monoisotopic (exact) mass is 395 g/mol. The van der Waals surface area contributed by atoms with Gasteiger partial charge in [-0.25, -0.2) is 9.37 Å². The lowest BCUT2D eigenvalue weighted by Gasteiger charge is -2.24. The maximum Gasteiger partial charge on any atom is 0.162 e. The quantitative estimate of drug-likeness (QED) is 0.673. The molecule has 1 aromatic heterocycles. The highest BCUT2D eigenvalue weighted by molar-refractivity contribution is 5.79. The third-order valence-electron chi connectivity index (χ3n) is 4.71. The van der Waals surface area contributed by atoms with Crippen LogP contribution in [0.15, 0.2) is 36.4 Å². The number of methoxy groups -OCH3 is 1. The first-order valence-electron chi connectivity index (χ1n) is 9.45. The molecule has 3 aromatic rings. The molecule has 2 heterocycles. The molecule has 0 spiro atoms. The van der Waals surface area contributed by atoms with Gasteiger partial charge in [-0.3, -0.25) is 4.90 Å². The van der Waals surface area contributed by atoms with Crippen molar-refractivity contribution in [1.29, 1.82) is 0 Å². The number of rotatable bonds is 5. The molecule has 0 radical (unpaired) electrons. The number of aromatic nitrogens is 2. The Labute approximate surface area is 168 Å². The Bertz CT molecular complexity index is 1050. The lowest BCUT2D eigenvalue weighted by Crippen LogP contribution is -2.36. The van der Waals surface area contributed by atoms with Gasteiger partial charge < -0.3 is 19.2 Å². The van der Waals surface area contributed by atoms with Crippen LogP contribution < -0.4 is 9.47 Å². The summed E-state index contributed by atoms with van der Waals surface area (Å²) >= 11 is 0. The van der Waals surface area contributed by atoms with Gasteiger partial charge in [0.05, 0.1) is 37.9 Å². The van der Waals surface area contributed by atoms with E-state index in [4.69, 9.17) is 14.2 Å². The number of imidazole rings is 1. The van der Waals surface area contributed by atoms with E-state index in [2.05, 4.69) is 26.7 Å². The highest BCUT2D eigenvalue weighted by Gasteiger charge is 2.11. The summed E-state index contributed by atoms with van der Waals surface area (Å²) in [7, 11) is 1.59. The Morgan fingerprint density at radius 3 is 2.83 bits per heavy atom. The Morgan fingerprint density at radius 1 is 1.14 bits per heavy atom. The van der Waals surface area contributed by atoms with Gasteiger partial charge in [-0.1, -0.05) is 11.8 Å². The molecule has 150 valence electrons. The van der Waals surface area contributed by atoms with Crippen LogP contribution in [0.25, 0.3) is 22.4 Å². The molecular formula is C22H22FN3O3. The van der Waals surface area contributed by atoms with E-state index in [1.165, 1.54) is 12.1 Å². The van der Waals surface area contributed by atoms with Gasteiger partial charge in [0.1, 0.15) is 18.2 Å². The van der Waals surface area contributed by atoms with Crippen molar-refractivity contribution in [3.63, 3.8) is 0 Å². The number of benzene rings is 2. The number of halogens is 1. The van der Waals surface area contributed by atoms with E-state index in [9.17, 15) is 4.39 Å². The van der Waals surface area contributed by atoms with Crippen LogP contribution in [0.4, 0.5) is 4.39 Å².